The number of hydrogen-bond donors (Lipinski definition) is 1. The molecule has 0 unspecified atom stereocenters. The van der Waals surface area contributed by atoms with Crippen molar-refractivity contribution in [1.82, 2.24) is 0 Å². The van der Waals surface area contributed by atoms with Gasteiger partial charge in [-0.05, 0) is 40.8 Å². The van der Waals surface area contributed by atoms with Gasteiger partial charge in [-0.1, -0.05) is 6.08 Å². The van der Waals surface area contributed by atoms with E-state index in [9.17, 15) is 4.39 Å². The fraction of sp³-hybridized carbons (Fsp3) is 0.111. The molecule has 0 aliphatic carbocycles. The van der Waals surface area contributed by atoms with Crippen LogP contribution in [0.3, 0.4) is 0 Å². The quantitative estimate of drug-likeness (QED) is 0.659. The highest BCUT2D eigenvalue weighted by Gasteiger charge is 2.07. The molecular weight excluding hydrogens is 303 g/mol. The average molecular weight is 314 g/mol. The molecule has 1 atom stereocenters. The number of nitrogens with two attached hydrogens (primary N) is 1. The standard InChI is InChI=1S/C9H9FIN.ClH/c1-2-9(12)7-5-6(11)3-4-8(7)10;/h2-5,9H,1,12H2;1H/t9-;/m1./s1. The Balaban J connectivity index is 0.00000144. The van der Waals surface area contributed by atoms with Crippen LogP contribution in [0.1, 0.15) is 11.6 Å². The van der Waals surface area contributed by atoms with Crippen molar-refractivity contribution in [3.8, 4) is 0 Å². The minimum Gasteiger partial charge on any atom is -0.321 e. The van der Waals surface area contributed by atoms with Crippen LogP contribution in [-0.4, -0.2) is 0 Å². The second-order valence-electron chi connectivity index (χ2n) is 2.43. The first-order chi connectivity index (χ1) is 5.65. The van der Waals surface area contributed by atoms with Crippen LogP contribution in [0, 0.1) is 9.39 Å². The monoisotopic (exact) mass is 313 g/mol. The minimum absolute atomic E-state index is 0. The van der Waals surface area contributed by atoms with E-state index >= 15 is 0 Å². The molecular formula is C9H10ClFIN. The van der Waals surface area contributed by atoms with Crippen LogP contribution >= 0.6 is 35.0 Å². The summed E-state index contributed by atoms with van der Waals surface area (Å²) in [6.45, 7) is 3.51. The predicted molar refractivity (Wildman–Crippen MR) is 63.5 cm³/mol. The largest absolute Gasteiger partial charge is 0.321 e. The summed E-state index contributed by atoms with van der Waals surface area (Å²) < 4.78 is 14.0. The van der Waals surface area contributed by atoms with Crippen LogP contribution < -0.4 is 5.73 Å². The van der Waals surface area contributed by atoms with E-state index in [-0.39, 0.29) is 18.2 Å². The van der Waals surface area contributed by atoms with E-state index in [4.69, 9.17) is 5.73 Å². The summed E-state index contributed by atoms with van der Waals surface area (Å²) in [6, 6.07) is 4.43. The highest BCUT2D eigenvalue weighted by atomic mass is 127. The van der Waals surface area contributed by atoms with Gasteiger partial charge in [0.05, 0.1) is 6.04 Å². The first kappa shape index (κ1) is 12.9. The molecule has 13 heavy (non-hydrogen) atoms. The maximum absolute atomic E-state index is 13.1. The molecule has 1 rings (SSSR count). The lowest BCUT2D eigenvalue weighted by Crippen LogP contribution is -2.08. The lowest BCUT2D eigenvalue weighted by molar-refractivity contribution is 0.602. The van der Waals surface area contributed by atoms with E-state index in [1.54, 1.807) is 12.1 Å². The van der Waals surface area contributed by atoms with Gasteiger partial charge in [0.2, 0.25) is 0 Å². The van der Waals surface area contributed by atoms with Crippen molar-refractivity contribution in [2.45, 2.75) is 6.04 Å². The third-order valence-corrected chi connectivity index (χ3v) is 2.24. The molecule has 0 saturated carbocycles. The van der Waals surface area contributed by atoms with Gasteiger partial charge in [0.15, 0.2) is 0 Å². The molecule has 0 heterocycles. The van der Waals surface area contributed by atoms with Crippen molar-refractivity contribution >= 4 is 35.0 Å². The van der Waals surface area contributed by atoms with Crippen LogP contribution in [0.2, 0.25) is 0 Å². The van der Waals surface area contributed by atoms with Crippen LogP contribution in [0.15, 0.2) is 30.9 Å². The van der Waals surface area contributed by atoms with E-state index < -0.39 is 6.04 Å². The fourth-order valence-corrected chi connectivity index (χ4v) is 1.41. The van der Waals surface area contributed by atoms with Crippen molar-refractivity contribution < 1.29 is 4.39 Å². The Morgan fingerprint density at radius 2 is 2.15 bits per heavy atom. The molecule has 0 fully saturated rings. The van der Waals surface area contributed by atoms with Gasteiger partial charge in [-0.2, -0.15) is 0 Å². The molecule has 1 nitrogen and oxygen atoms in total. The van der Waals surface area contributed by atoms with Gasteiger partial charge >= 0.3 is 0 Å². The lowest BCUT2D eigenvalue weighted by Gasteiger charge is -2.07. The Labute approximate surface area is 96.8 Å². The van der Waals surface area contributed by atoms with Gasteiger partial charge in [-0.15, -0.1) is 19.0 Å². The van der Waals surface area contributed by atoms with Gasteiger partial charge in [-0.3, -0.25) is 0 Å². The number of rotatable bonds is 2. The van der Waals surface area contributed by atoms with Gasteiger partial charge in [-0.25, -0.2) is 4.39 Å². The molecule has 4 heteroatoms. The maximum atomic E-state index is 13.1. The van der Waals surface area contributed by atoms with Gasteiger partial charge in [0, 0.05) is 9.13 Å². The second kappa shape index (κ2) is 5.57. The number of benzene rings is 1. The SMILES string of the molecule is C=C[C@@H](N)c1cc(I)ccc1F.Cl. The smallest absolute Gasteiger partial charge is 0.128 e. The van der Waals surface area contributed by atoms with Crippen molar-refractivity contribution in [3.05, 3.63) is 45.8 Å². The molecule has 1 aromatic rings. The Hall–Kier alpha value is -0.130. The van der Waals surface area contributed by atoms with E-state index in [1.807, 2.05) is 0 Å². The van der Waals surface area contributed by atoms with E-state index in [0.717, 1.165) is 3.57 Å². The summed E-state index contributed by atoms with van der Waals surface area (Å²) in [4.78, 5) is 0. The highest BCUT2D eigenvalue weighted by Crippen LogP contribution is 2.18. The molecule has 0 saturated heterocycles. The zero-order chi connectivity index (χ0) is 9.14. The summed E-state index contributed by atoms with van der Waals surface area (Å²) >= 11 is 2.12. The van der Waals surface area contributed by atoms with Crippen molar-refractivity contribution in [2.75, 3.05) is 0 Å². The maximum Gasteiger partial charge on any atom is 0.128 e. The second-order valence-corrected chi connectivity index (χ2v) is 3.67. The molecule has 72 valence electrons. The lowest BCUT2D eigenvalue weighted by atomic mass is 10.1. The van der Waals surface area contributed by atoms with Crippen LogP contribution in [0.4, 0.5) is 4.39 Å². The molecule has 2 N–H and O–H groups in total. The fourth-order valence-electron chi connectivity index (χ4n) is 0.897. The van der Waals surface area contributed by atoms with Crippen LogP contribution in [0.25, 0.3) is 0 Å². The minimum atomic E-state index is -0.417. The normalized spacial score (nSPS) is 11.6. The first-order valence-electron chi connectivity index (χ1n) is 3.48. The predicted octanol–water partition coefficient (Wildman–Crippen LogP) is 3.04. The highest BCUT2D eigenvalue weighted by molar-refractivity contribution is 14.1. The summed E-state index contributed by atoms with van der Waals surface area (Å²) in [7, 11) is 0. The molecule has 0 bridgehead atoms. The third kappa shape index (κ3) is 3.25. The Morgan fingerprint density at radius 3 is 2.69 bits per heavy atom. The molecule has 0 aliphatic heterocycles. The van der Waals surface area contributed by atoms with E-state index in [1.165, 1.54) is 12.1 Å². The molecule has 0 aromatic heterocycles. The van der Waals surface area contributed by atoms with Crippen molar-refractivity contribution in [1.29, 1.82) is 0 Å². The van der Waals surface area contributed by atoms with E-state index in [0.29, 0.717) is 5.56 Å². The third-order valence-electron chi connectivity index (χ3n) is 1.57. The molecule has 0 spiro atoms. The molecule has 0 radical (unpaired) electrons. The number of hydrogen-bond acceptors (Lipinski definition) is 1. The molecule has 0 aliphatic rings. The first-order valence-corrected chi connectivity index (χ1v) is 4.56. The summed E-state index contributed by atoms with van der Waals surface area (Å²) in [6.07, 6.45) is 1.52. The average Bonchev–Trinajstić information content (AvgIpc) is 2.08. The Morgan fingerprint density at radius 1 is 1.54 bits per heavy atom. The van der Waals surface area contributed by atoms with Gasteiger partial charge < -0.3 is 5.73 Å². The zero-order valence-electron chi connectivity index (χ0n) is 6.84. The topological polar surface area (TPSA) is 26.0 Å². The number of halogens is 3. The van der Waals surface area contributed by atoms with Gasteiger partial charge in [0.1, 0.15) is 5.82 Å². The van der Waals surface area contributed by atoms with Crippen LogP contribution in [-0.2, 0) is 0 Å². The summed E-state index contributed by atoms with van der Waals surface area (Å²) in [5.74, 6) is -0.275. The Bertz CT molecular complexity index is 304. The zero-order valence-corrected chi connectivity index (χ0v) is 9.81. The van der Waals surface area contributed by atoms with Crippen molar-refractivity contribution in [3.63, 3.8) is 0 Å². The van der Waals surface area contributed by atoms with Crippen molar-refractivity contribution in [2.24, 2.45) is 5.73 Å². The molecule has 0 amide bonds. The summed E-state index contributed by atoms with van der Waals surface area (Å²) in [5.41, 5.74) is 6.10. The Kier molecular flexibility index (Phi) is 5.51. The molecule has 1 aromatic carbocycles. The van der Waals surface area contributed by atoms with Crippen LogP contribution in [0.5, 0.6) is 0 Å². The summed E-state index contributed by atoms with van der Waals surface area (Å²) in [5, 5.41) is 0. The van der Waals surface area contributed by atoms with Gasteiger partial charge in [0.25, 0.3) is 0 Å². The van der Waals surface area contributed by atoms with E-state index in [2.05, 4.69) is 29.2 Å².